The van der Waals surface area contributed by atoms with Crippen molar-refractivity contribution >= 4 is 31.9 Å². The largest absolute Gasteiger partial charge is 0.296 e. The van der Waals surface area contributed by atoms with Crippen LogP contribution in [0, 0.1) is 0 Å². The number of alkyl halides is 2. The van der Waals surface area contributed by atoms with E-state index in [9.17, 15) is 0 Å². The lowest BCUT2D eigenvalue weighted by Crippen LogP contribution is -2.60. The molecule has 15 heavy (non-hydrogen) atoms. The molecule has 0 amide bonds. The van der Waals surface area contributed by atoms with Gasteiger partial charge in [0.1, 0.15) is 0 Å². The second-order valence-electron chi connectivity index (χ2n) is 4.28. The summed E-state index contributed by atoms with van der Waals surface area (Å²) in [5.41, 5.74) is 1.40. The van der Waals surface area contributed by atoms with Gasteiger partial charge in [0.2, 0.25) is 0 Å². The van der Waals surface area contributed by atoms with Gasteiger partial charge in [-0.1, -0.05) is 69.1 Å². The minimum absolute atomic E-state index is 0.280. The standard InChI is InChI=1S/C12H15Br2N/c1-10(13)12(14)8-15(9-12)7-11-5-3-2-4-6-11/h2-6,10H,7-9H2,1H3. The van der Waals surface area contributed by atoms with Gasteiger partial charge in [0.15, 0.2) is 0 Å². The Labute approximate surface area is 108 Å². The first-order valence-electron chi connectivity index (χ1n) is 5.19. The molecule has 1 nitrogen and oxygen atoms in total. The zero-order valence-electron chi connectivity index (χ0n) is 8.79. The van der Waals surface area contributed by atoms with Crippen LogP contribution in [-0.2, 0) is 6.54 Å². The van der Waals surface area contributed by atoms with Gasteiger partial charge < -0.3 is 0 Å². The minimum atomic E-state index is 0.280. The van der Waals surface area contributed by atoms with E-state index in [1.807, 2.05) is 0 Å². The molecule has 0 N–H and O–H groups in total. The lowest BCUT2D eigenvalue weighted by molar-refractivity contribution is 0.124. The fourth-order valence-corrected chi connectivity index (χ4v) is 2.90. The van der Waals surface area contributed by atoms with Crippen LogP contribution in [0.15, 0.2) is 30.3 Å². The first-order chi connectivity index (χ1) is 7.10. The van der Waals surface area contributed by atoms with Crippen molar-refractivity contribution in [1.82, 2.24) is 4.90 Å². The molecule has 3 heteroatoms. The number of hydrogen-bond donors (Lipinski definition) is 0. The molecule has 0 radical (unpaired) electrons. The van der Waals surface area contributed by atoms with Gasteiger partial charge in [0, 0.05) is 24.5 Å². The van der Waals surface area contributed by atoms with E-state index in [-0.39, 0.29) is 4.32 Å². The van der Waals surface area contributed by atoms with Crippen LogP contribution in [0.3, 0.4) is 0 Å². The molecule has 0 aromatic heterocycles. The van der Waals surface area contributed by atoms with E-state index in [0.717, 1.165) is 19.6 Å². The Balaban J connectivity index is 1.86. The number of hydrogen-bond acceptors (Lipinski definition) is 1. The van der Waals surface area contributed by atoms with Crippen molar-refractivity contribution in [3.8, 4) is 0 Å². The maximum Gasteiger partial charge on any atom is 0.0633 e. The van der Waals surface area contributed by atoms with Gasteiger partial charge in [-0.3, -0.25) is 4.90 Å². The molecule has 0 bridgehead atoms. The number of likely N-dealkylation sites (tertiary alicyclic amines) is 1. The van der Waals surface area contributed by atoms with Crippen molar-refractivity contribution in [2.24, 2.45) is 0 Å². The number of rotatable bonds is 3. The topological polar surface area (TPSA) is 3.24 Å². The average Bonchev–Trinajstić information content (AvgIpc) is 2.16. The van der Waals surface area contributed by atoms with Crippen LogP contribution >= 0.6 is 31.9 Å². The molecular formula is C12H15Br2N. The molecule has 1 aliphatic heterocycles. The molecule has 2 rings (SSSR count). The zero-order chi connectivity index (χ0) is 10.9. The zero-order valence-corrected chi connectivity index (χ0v) is 12.0. The highest BCUT2D eigenvalue weighted by Gasteiger charge is 2.43. The Morgan fingerprint density at radius 1 is 1.33 bits per heavy atom. The summed E-state index contributed by atoms with van der Waals surface area (Å²) in [6.07, 6.45) is 0. The Bertz CT molecular complexity index is 318. The molecule has 0 spiro atoms. The molecular weight excluding hydrogens is 318 g/mol. The van der Waals surface area contributed by atoms with Crippen LogP contribution in [0.2, 0.25) is 0 Å². The molecule has 82 valence electrons. The van der Waals surface area contributed by atoms with Crippen molar-refractivity contribution in [2.45, 2.75) is 22.6 Å². The van der Waals surface area contributed by atoms with E-state index in [4.69, 9.17) is 0 Å². The molecule has 1 atom stereocenters. The van der Waals surface area contributed by atoms with Crippen molar-refractivity contribution < 1.29 is 0 Å². The molecule has 0 aliphatic carbocycles. The van der Waals surface area contributed by atoms with E-state index < -0.39 is 0 Å². The summed E-state index contributed by atoms with van der Waals surface area (Å²) in [6, 6.07) is 10.6. The van der Waals surface area contributed by atoms with Crippen LogP contribution in [-0.4, -0.2) is 27.1 Å². The highest BCUT2D eigenvalue weighted by molar-refractivity contribution is 9.12. The molecule has 1 aliphatic rings. The van der Waals surface area contributed by atoms with Crippen LogP contribution in [0.1, 0.15) is 12.5 Å². The fraction of sp³-hybridized carbons (Fsp3) is 0.500. The van der Waals surface area contributed by atoms with E-state index >= 15 is 0 Å². The van der Waals surface area contributed by atoms with Gasteiger partial charge in [-0.25, -0.2) is 0 Å². The third-order valence-electron chi connectivity index (χ3n) is 2.93. The predicted octanol–water partition coefficient (Wildman–Crippen LogP) is 3.42. The summed E-state index contributed by atoms with van der Waals surface area (Å²) >= 11 is 7.44. The van der Waals surface area contributed by atoms with E-state index in [1.54, 1.807) is 0 Å². The molecule has 1 saturated heterocycles. The minimum Gasteiger partial charge on any atom is -0.296 e. The Morgan fingerprint density at radius 3 is 2.47 bits per heavy atom. The van der Waals surface area contributed by atoms with Gasteiger partial charge in [-0.2, -0.15) is 0 Å². The lowest BCUT2D eigenvalue weighted by Gasteiger charge is -2.48. The Morgan fingerprint density at radius 2 is 1.93 bits per heavy atom. The van der Waals surface area contributed by atoms with Gasteiger partial charge in [-0.05, 0) is 5.56 Å². The maximum absolute atomic E-state index is 3.80. The molecule has 1 fully saturated rings. The quantitative estimate of drug-likeness (QED) is 0.767. The monoisotopic (exact) mass is 331 g/mol. The summed E-state index contributed by atoms with van der Waals surface area (Å²) in [5.74, 6) is 0. The number of nitrogens with zero attached hydrogens (tertiary/aromatic N) is 1. The summed E-state index contributed by atoms with van der Waals surface area (Å²) in [4.78, 5) is 2.99. The summed E-state index contributed by atoms with van der Waals surface area (Å²) in [6.45, 7) is 5.51. The molecule has 0 saturated carbocycles. The van der Waals surface area contributed by atoms with E-state index in [1.165, 1.54) is 5.56 Å². The van der Waals surface area contributed by atoms with Crippen molar-refractivity contribution in [3.63, 3.8) is 0 Å². The van der Waals surface area contributed by atoms with Crippen LogP contribution in [0.25, 0.3) is 0 Å². The highest BCUT2D eigenvalue weighted by atomic mass is 79.9. The molecule has 1 heterocycles. The third-order valence-corrected chi connectivity index (χ3v) is 5.61. The Kier molecular flexibility index (Phi) is 3.53. The van der Waals surface area contributed by atoms with E-state index in [0.29, 0.717) is 4.83 Å². The van der Waals surface area contributed by atoms with Crippen molar-refractivity contribution in [3.05, 3.63) is 35.9 Å². The molecule has 1 aromatic carbocycles. The Hall–Kier alpha value is 0.140. The van der Waals surface area contributed by atoms with Crippen molar-refractivity contribution in [2.75, 3.05) is 13.1 Å². The van der Waals surface area contributed by atoms with Crippen LogP contribution in [0.4, 0.5) is 0 Å². The normalized spacial score (nSPS) is 22.1. The second-order valence-corrected chi connectivity index (χ2v) is 7.23. The number of halogens is 2. The SMILES string of the molecule is CC(Br)C1(Br)CN(Cc2ccccc2)C1. The van der Waals surface area contributed by atoms with E-state index in [2.05, 4.69) is 74.0 Å². The summed E-state index contributed by atoms with van der Waals surface area (Å²) in [7, 11) is 0. The molecule has 1 aromatic rings. The van der Waals surface area contributed by atoms with Gasteiger partial charge in [0.25, 0.3) is 0 Å². The second kappa shape index (κ2) is 4.56. The summed E-state index contributed by atoms with van der Waals surface area (Å²) < 4.78 is 0.280. The van der Waals surface area contributed by atoms with Gasteiger partial charge in [0.05, 0.1) is 4.32 Å². The van der Waals surface area contributed by atoms with Crippen LogP contribution in [0.5, 0.6) is 0 Å². The first kappa shape index (κ1) is 11.6. The summed E-state index contributed by atoms with van der Waals surface area (Å²) in [5, 5.41) is 0. The predicted molar refractivity (Wildman–Crippen MR) is 71.8 cm³/mol. The lowest BCUT2D eigenvalue weighted by atomic mass is 9.96. The highest BCUT2D eigenvalue weighted by Crippen LogP contribution is 2.37. The maximum atomic E-state index is 3.80. The smallest absolute Gasteiger partial charge is 0.0633 e. The number of benzene rings is 1. The van der Waals surface area contributed by atoms with Crippen LogP contribution < -0.4 is 0 Å². The first-order valence-corrected chi connectivity index (χ1v) is 6.90. The average molecular weight is 333 g/mol. The van der Waals surface area contributed by atoms with Gasteiger partial charge >= 0.3 is 0 Å². The fourth-order valence-electron chi connectivity index (χ4n) is 1.90. The van der Waals surface area contributed by atoms with Crippen molar-refractivity contribution in [1.29, 1.82) is 0 Å². The third kappa shape index (κ3) is 2.63. The van der Waals surface area contributed by atoms with Gasteiger partial charge in [-0.15, -0.1) is 0 Å². The molecule has 1 unspecified atom stereocenters.